The van der Waals surface area contributed by atoms with Gasteiger partial charge in [-0.25, -0.2) is 0 Å². The second kappa shape index (κ2) is 10.0. The molecule has 0 aliphatic heterocycles. The molecule has 0 heterocycles. The van der Waals surface area contributed by atoms with E-state index in [9.17, 15) is 0 Å². The first-order valence-corrected chi connectivity index (χ1v) is 14.8. The van der Waals surface area contributed by atoms with Gasteiger partial charge >= 0.3 is 0 Å². The summed E-state index contributed by atoms with van der Waals surface area (Å²) in [5.41, 5.74) is 14.2. The number of fused-ring (bicyclic) bond motifs is 3. The highest BCUT2D eigenvalue weighted by Gasteiger charge is 2.21. The van der Waals surface area contributed by atoms with Crippen molar-refractivity contribution in [2.45, 2.75) is 19.3 Å². The summed E-state index contributed by atoms with van der Waals surface area (Å²) < 4.78 is 0. The monoisotopic (exact) mass is 537 g/mol. The van der Waals surface area contributed by atoms with Crippen LogP contribution >= 0.6 is 0 Å². The van der Waals surface area contributed by atoms with Crippen LogP contribution in [0.2, 0.25) is 0 Å². The molecule has 2 aliphatic carbocycles. The van der Waals surface area contributed by atoms with Crippen molar-refractivity contribution in [3.8, 4) is 0 Å². The van der Waals surface area contributed by atoms with Crippen molar-refractivity contribution in [2.24, 2.45) is 0 Å². The molecular weight excluding hydrogens is 506 g/mol. The molecule has 0 aromatic heterocycles. The number of rotatable bonds is 5. The van der Waals surface area contributed by atoms with Gasteiger partial charge in [-0.05, 0) is 93.6 Å². The second-order valence-electron chi connectivity index (χ2n) is 11.4. The van der Waals surface area contributed by atoms with Crippen LogP contribution in [0.5, 0.6) is 0 Å². The van der Waals surface area contributed by atoms with Gasteiger partial charge in [0.2, 0.25) is 0 Å². The number of hydrogen-bond acceptors (Lipinski definition) is 1. The first kappa shape index (κ1) is 24.6. The predicted molar refractivity (Wildman–Crippen MR) is 178 cm³/mol. The molecule has 0 amide bonds. The third-order valence-electron chi connectivity index (χ3n) is 8.94. The maximum absolute atomic E-state index is 2.41. The molecule has 0 bridgehead atoms. The molecule has 0 fully saturated rings. The molecule has 200 valence electrons. The van der Waals surface area contributed by atoms with Crippen molar-refractivity contribution in [3.63, 3.8) is 0 Å². The quantitative estimate of drug-likeness (QED) is 0.211. The lowest BCUT2D eigenvalue weighted by Gasteiger charge is -2.28. The van der Waals surface area contributed by atoms with E-state index in [2.05, 4.69) is 164 Å². The average molecular weight is 538 g/mol. The first-order chi connectivity index (χ1) is 20.7. The zero-order valence-corrected chi connectivity index (χ0v) is 23.7. The minimum Gasteiger partial charge on any atom is -0.310 e. The Morgan fingerprint density at radius 1 is 0.619 bits per heavy atom. The van der Waals surface area contributed by atoms with E-state index in [0.29, 0.717) is 5.92 Å². The fourth-order valence-corrected chi connectivity index (χ4v) is 6.77. The average Bonchev–Trinajstić information content (AvgIpc) is 3.68. The summed E-state index contributed by atoms with van der Waals surface area (Å²) in [4.78, 5) is 2.41. The van der Waals surface area contributed by atoms with Crippen LogP contribution in [0.25, 0.3) is 22.4 Å². The van der Waals surface area contributed by atoms with Crippen LogP contribution < -0.4 is 4.90 Å². The summed E-state index contributed by atoms with van der Waals surface area (Å²) in [7, 11) is 0. The Morgan fingerprint density at radius 3 is 2.14 bits per heavy atom. The van der Waals surface area contributed by atoms with Crippen molar-refractivity contribution in [2.75, 3.05) is 4.90 Å². The lowest BCUT2D eigenvalue weighted by atomic mass is 9.93. The zero-order chi connectivity index (χ0) is 28.0. The maximum atomic E-state index is 2.41. The minimum atomic E-state index is 0.297. The van der Waals surface area contributed by atoms with E-state index in [1.165, 1.54) is 61.0 Å². The SMILES string of the molecule is Cc1ccc(N(c2ccc(C3=CCc4ccccc43)cc2)c2ccc(C3C=Cc4ccccc43)cc2)c2ccccc12. The molecule has 0 N–H and O–H groups in total. The Balaban J connectivity index is 1.22. The number of anilines is 3. The number of benzene rings is 6. The summed E-state index contributed by atoms with van der Waals surface area (Å²) in [5.74, 6) is 0.297. The minimum absolute atomic E-state index is 0.297. The van der Waals surface area contributed by atoms with Gasteiger partial charge in [-0.1, -0.05) is 121 Å². The van der Waals surface area contributed by atoms with Gasteiger partial charge in [-0.2, -0.15) is 0 Å². The van der Waals surface area contributed by atoms with Crippen LogP contribution in [0, 0.1) is 6.92 Å². The molecule has 8 rings (SSSR count). The highest BCUT2D eigenvalue weighted by Crippen LogP contribution is 2.42. The van der Waals surface area contributed by atoms with Gasteiger partial charge in [0.05, 0.1) is 5.69 Å². The van der Waals surface area contributed by atoms with Crippen molar-refractivity contribution in [1.82, 2.24) is 0 Å². The van der Waals surface area contributed by atoms with E-state index in [1.54, 1.807) is 0 Å². The Labute approximate surface area is 247 Å². The summed E-state index contributed by atoms with van der Waals surface area (Å²) >= 11 is 0. The van der Waals surface area contributed by atoms with Crippen LogP contribution in [-0.4, -0.2) is 0 Å². The summed E-state index contributed by atoms with van der Waals surface area (Å²) in [5, 5.41) is 2.54. The molecule has 1 unspecified atom stereocenters. The summed E-state index contributed by atoms with van der Waals surface area (Å²) in [6, 6.07) is 49.0. The Morgan fingerprint density at radius 2 is 1.31 bits per heavy atom. The lowest BCUT2D eigenvalue weighted by molar-refractivity contribution is 1.05. The lowest BCUT2D eigenvalue weighted by Crippen LogP contribution is -2.11. The first-order valence-electron chi connectivity index (χ1n) is 14.8. The Kier molecular flexibility index (Phi) is 5.89. The maximum Gasteiger partial charge on any atom is 0.0540 e. The van der Waals surface area contributed by atoms with Gasteiger partial charge < -0.3 is 4.90 Å². The fraction of sp³-hybridized carbons (Fsp3) is 0.0732. The van der Waals surface area contributed by atoms with Gasteiger partial charge in [-0.3, -0.25) is 0 Å². The van der Waals surface area contributed by atoms with E-state index < -0.39 is 0 Å². The standard InChI is InChI=1S/C41H31N/c1-28-14-27-41(40-13-7-6-10-35(28)40)42(33-21-15-31(16-22-33)38-25-19-29-8-2-4-11-36(29)38)34-23-17-32(18-24-34)39-26-20-30-9-3-5-12-37(30)39/h2-19,21-27,38H,20H2,1H3. The highest BCUT2D eigenvalue weighted by atomic mass is 15.1. The molecule has 1 atom stereocenters. The van der Waals surface area contributed by atoms with E-state index in [1.807, 2.05) is 0 Å². The molecule has 42 heavy (non-hydrogen) atoms. The van der Waals surface area contributed by atoms with Gasteiger partial charge in [0.1, 0.15) is 0 Å². The van der Waals surface area contributed by atoms with E-state index in [4.69, 9.17) is 0 Å². The Hall–Kier alpha value is -5.14. The topological polar surface area (TPSA) is 3.24 Å². The molecule has 0 saturated heterocycles. The molecule has 6 aromatic carbocycles. The molecule has 6 aromatic rings. The molecular formula is C41H31N. The highest BCUT2D eigenvalue weighted by molar-refractivity contribution is 6.00. The van der Waals surface area contributed by atoms with E-state index in [0.717, 1.165) is 17.8 Å². The van der Waals surface area contributed by atoms with Crippen molar-refractivity contribution in [1.29, 1.82) is 0 Å². The van der Waals surface area contributed by atoms with Crippen LogP contribution in [-0.2, 0) is 6.42 Å². The van der Waals surface area contributed by atoms with Crippen LogP contribution in [0.3, 0.4) is 0 Å². The zero-order valence-electron chi connectivity index (χ0n) is 23.7. The fourth-order valence-electron chi connectivity index (χ4n) is 6.77. The number of nitrogens with zero attached hydrogens (tertiary/aromatic N) is 1. The van der Waals surface area contributed by atoms with Gasteiger partial charge in [0.15, 0.2) is 0 Å². The molecule has 2 aliphatic rings. The van der Waals surface area contributed by atoms with Crippen LogP contribution in [0.1, 0.15) is 44.9 Å². The predicted octanol–water partition coefficient (Wildman–Crippen LogP) is 10.8. The van der Waals surface area contributed by atoms with Crippen LogP contribution in [0.15, 0.2) is 146 Å². The van der Waals surface area contributed by atoms with Gasteiger partial charge in [0, 0.05) is 22.7 Å². The third kappa shape index (κ3) is 4.09. The van der Waals surface area contributed by atoms with Gasteiger partial charge in [-0.15, -0.1) is 0 Å². The molecule has 1 nitrogen and oxygen atoms in total. The smallest absolute Gasteiger partial charge is 0.0540 e. The van der Waals surface area contributed by atoms with Crippen LogP contribution in [0.4, 0.5) is 17.1 Å². The van der Waals surface area contributed by atoms with Crippen molar-refractivity contribution >= 4 is 39.5 Å². The third-order valence-corrected chi connectivity index (χ3v) is 8.94. The molecule has 0 spiro atoms. The largest absolute Gasteiger partial charge is 0.310 e. The van der Waals surface area contributed by atoms with E-state index >= 15 is 0 Å². The summed E-state index contributed by atoms with van der Waals surface area (Å²) in [6.07, 6.45) is 7.93. The van der Waals surface area contributed by atoms with Gasteiger partial charge in [0.25, 0.3) is 0 Å². The molecule has 0 saturated carbocycles. The normalized spacial score (nSPS) is 15.0. The Bertz CT molecular complexity index is 2010. The van der Waals surface area contributed by atoms with Crippen molar-refractivity contribution < 1.29 is 0 Å². The molecule has 0 radical (unpaired) electrons. The number of hydrogen-bond donors (Lipinski definition) is 0. The summed E-state index contributed by atoms with van der Waals surface area (Å²) in [6.45, 7) is 2.19. The number of aryl methyl sites for hydroxylation is 1. The number of allylic oxidation sites excluding steroid dienone is 2. The van der Waals surface area contributed by atoms with E-state index in [-0.39, 0.29) is 0 Å². The molecule has 1 heteroatoms. The second-order valence-corrected chi connectivity index (χ2v) is 11.4. The van der Waals surface area contributed by atoms with Crippen molar-refractivity contribution in [3.05, 3.63) is 185 Å².